The first kappa shape index (κ1) is 11.1. The van der Waals surface area contributed by atoms with Gasteiger partial charge in [0.05, 0.1) is 19.3 Å². The van der Waals surface area contributed by atoms with E-state index in [9.17, 15) is 4.79 Å². The number of ketones is 1. The highest BCUT2D eigenvalue weighted by Gasteiger charge is 2.47. The minimum Gasteiger partial charge on any atom is -0.378 e. The van der Waals surface area contributed by atoms with E-state index in [2.05, 4.69) is 6.92 Å². The van der Waals surface area contributed by atoms with Crippen LogP contribution in [0, 0.1) is 24.4 Å². The van der Waals surface area contributed by atoms with Crippen molar-refractivity contribution in [2.75, 3.05) is 13.2 Å². The summed E-state index contributed by atoms with van der Waals surface area (Å²) in [5.41, 5.74) is -0.410. The van der Waals surface area contributed by atoms with E-state index in [4.69, 9.17) is 9.47 Å². The second-order valence-corrected chi connectivity index (χ2v) is 5.04. The van der Waals surface area contributed by atoms with E-state index in [1.165, 1.54) is 0 Å². The molecule has 2 aliphatic rings. The van der Waals surface area contributed by atoms with Gasteiger partial charge >= 0.3 is 0 Å². The molecule has 0 spiro atoms. The fourth-order valence-electron chi connectivity index (χ4n) is 2.02. The predicted molar refractivity (Wildman–Crippen MR) is 55.8 cm³/mol. The third-order valence-electron chi connectivity index (χ3n) is 3.30. The number of carbonyl (C=O) groups is 1. The molecule has 2 unspecified atom stereocenters. The van der Waals surface area contributed by atoms with Gasteiger partial charge in [0, 0.05) is 11.3 Å². The van der Waals surface area contributed by atoms with Gasteiger partial charge in [0.1, 0.15) is 0 Å². The number of carbonyl (C=O) groups excluding carboxylic acids is 1. The Balaban J connectivity index is 2.08. The molecule has 2 rings (SSSR count). The van der Waals surface area contributed by atoms with Gasteiger partial charge in [-0.15, -0.1) is 0 Å². The molecule has 2 bridgehead atoms. The Morgan fingerprint density at radius 3 is 2.87 bits per heavy atom. The lowest BCUT2D eigenvalue weighted by molar-refractivity contribution is -0.131. The van der Waals surface area contributed by atoms with Gasteiger partial charge in [-0.05, 0) is 12.8 Å². The number of fused-ring (bicyclic) bond motifs is 2. The molecule has 0 aromatic rings. The van der Waals surface area contributed by atoms with Crippen LogP contribution in [0.2, 0.25) is 0 Å². The molecule has 3 nitrogen and oxygen atoms in total. The fourth-order valence-corrected chi connectivity index (χ4v) is 2.02. The summed E-state index contributed by atoms with van der Waals surface area (Å²) in [6.07, 6.45) is 2.26. The van der Waals surface area contributed by atoms with Crippen LogP contribution >= 0.6 is 0 Å². The SMILES string of the molecule is [CH2]CC(C)(C)C(=O)[C]1OC2COCC1C2. The van der Waals surface area contributed by atoms with Gasteiger partial charge in [0.2, 0.25) is 0 Å². The second kappa shape index (κ2) is 3.87. The minimum atomic E-state index is -0.410. The third-order valence-corrected chi connectivity index (χ3v) is 3.30. The smallest absolute Gasteiger partial charge is 0.174 e. The summed E-state index contributed by atoms with van der Waals surface area (Å²) >= 11 is 0. The molecule has 84 valence electrons. The van der Waals surface area contributed by atoms with Crippen LogP contribution in [0.15, 0.2) is 0 Å². The molecular formula is C12H18O3. The van der Waals surface area contributed by atoms with E-state index in [-0.39, 0.29) is 17.8 Å². The highest BCUT2D eigenvalue weighted by Crippen LogP contribution is 2.41. The Hall–Kier alpha value is -0.410. The van der Waals surface area contributed by atoms with Crippen LogP contribution in [-0.2, 0) is 14.3 Å². The average molecular weight is 210 g/mol. The largest absolute Gasteiger partial charge is 0.378 e. The third kappa shape index (κ3) is 1.95. The van der Waals surface area contributed by atoms with Crippen LogP contribution < -0.4 is 0 Å². The molecule has 2 atom stereocenters. The highest BCUT2D eigenvalue weighted by atomic mass is 16.6. The minimum absolute atomic E-state index is 0.100. The number of Topliss-reactive ketones (excluding diaryl/α,β-unsaturated/α-hetero) is 1. The van der Waals surface area contributed by atoms with Gasteiger partial charge in [-0.3, -0.25) is 4.79 Å². The lowest BCUT2D eigenvalue weighted by Crippen LogP contribution is -2.32. The Morgan fingerprint density at radius 2 is 2.27 bits per heavy atom. The Morgan fingerprint density at radius 1 is 1.53 bits per heavy atom. The van der Waals surface area contributed by atoms with Crippen LogP contribution in [0.1, 0.15) is 26.7 Å². The highest BCUT2D eigenvalue weighted by molar-refractivity contribution is 5.95. The predicted octanol–water partition coefficient (Wildman–Crippen LogP) is 1.77. The van der Waals surface area contributed by atoms with Crippen molar-refractivity contribution in [1.29, 1.82) is 0 Å². The first-order valence-electron chi connectivity index (χ1n) is 5.50. The van der Waals surface area contributed by atoms with Crippen molar-refractivity contribution >= 4 is 5.78 Å². The maximum atomic E-state index is 12.2. The number of hydrogen-bond acceptors (Lipinski definition) is 3. The Labute approximate surface area is 91.1 Å². The zero-order valence-corrected chi connectivity index (χ0v) is 9.41. The molecule has 3 heteroatoms. The van der Waals surface area contributed by atoms with E-state index in [0.717, 1.165) is 6.42 Å². The first-order valence-corrected chi connectivity index (χ1v) is 5.50. The molecule has 2 radical (unpaired) electrons. The van der Waals surface area contributed by atoms with Gasteiger partial charge < -0.3 is 9.47 Å². The van der Waals surface area contributed by atoms with Gasteiger partial charge in [-0.1, -0.05) is 20.8 Å². The summed E-state index contributed by atoms with van der Waals surface area (Å²) in [5, 5.41) is 0. The van der Waals surface area contributed by atoms with Crippen molar-refractivity contribution in [3.63, 3.8) is 0 Å². The van der Waals surface area contributed by atoms with Crippen molar-refractivity contribution in [2.45, 2.75) is 32.8 Å². The molecule has 0 aromatic heterocycles. The summed E-state index contributed by atoms with van der Waals surface area (Å²) in [7, 11) is 0. The summed E-state index contributed by atoms with van der Waals surface area (Å²) in [6.45, 7) is 8.90. The van der Waals surface area contributed by atoms with Gasteiger partial charge in [-0.25, -0.2) is 0 Å². The average Bonchev–Trinajstić information content (AvgIpc) is 2.52. The monoisotopic (exact) mass is 210 g/mol. The molecule has 2 heterocycles. The zero-order valence-electron chi connectivity index (χ0n) is 9.41. The van der Waals surface area contributed by atoms with Crippen molar-refractivity contribution in [3.05, 3.63) is 13.0 Å². The second-order valence-electron chi connectivity index (χ2n) is 5.04. The summed E-state index contributed by atoms with van der Waals surface area (Å²) in [5.74, 6) is 0.289. The van der Waals surface area contributed by atoms with E-state index in [0.29, 0.717) is 25.7 Å². The van der Waals surface area contributed by atoms with Crippen LogP contribution in [0.5, 0.6) is 0 Å². The maximum Gasteiger partial charge on any atom is 0.174 e. The Kier molecular flexibility index (Phi) is 2.86. The van der Waals surface area contributed by atoms with Crippen LogP contribution in [0.25, 0.3) is 0 Å². The van der Waals surface area contributed by atoms with E-state index >= 15 is 0 Å². The molecular weight excluding hydrogens is 192 g/mol. The van der Waals surface area contributed by atoms with Crippen LogP contribution in [-0.4, -0.2) is 25.1 Å². The van der Waals surface area contributed by atoms with Crippen LogP contribution in [0.3, 0.4) is 0 Å². The Bertz CT molecular complexity index is 260. The molecule has 0 saturated carbocycles. The van der Waals surface area contributed by atoms with Crippen molar-refractivity contribution in [3.8, 4) is 0 Å². The summed E-state index contributed by atoms with van der Waals surface area (Å²) in [6, 6.07) is 0. The quantitative estimate of drug-likeness (QED) is 0.712. The molecule has 15 heavy (non-hydrogen) atoms. The number of ether oxygens (including phenoxy) is 2. The molecule has 2 saturated heterocycles. The normalized spacial score (nSPS) is 31.9. The van der Waals surface area contributed by atoms with Crippen LogP contribution in [0.4, 0.5) is 0 Å². The number of rotatable bonds is 3. The molecule has 2 aliphatic heterocycles. The molecule has 0 N–H and O–H groups in total. The van der Waals surface area contributed by atoms with Crippen molar-refractivity contribution in [1.82, 2.24) is 0 Å². The van der Waals surface area contributed by atoms with E-state index < -0.39 is 5.41 Å². The van der Waals surface area contributed by atoms with Crippen molar-refractivity contribution < 1.29 is 14.3 Å². The lowest BCUT2D eigenvalue weighted by Gasteiger charge is -2.25. The standard InChI is InChI=1S/C12H18O3/c1-4-12(2,3)11(13)10-8-5-9(15-10)7-14-6-8/h8-9H,1,4-7H2,2-3H3. The van der Waals surface area contributed by atoms with Crippen molar-refractivity contribution in [2.24, 2.45) is 11.3 Å². The van der Waals surface area contributed by atoms with E-state index in [1.54, 1.807) is 0 Å². The molecule has 0 aliphatic carbocycles. The molecule has 0 amide bonds. The zero-order chi connectivity index (χ0) is 11.1. The van der Waals surface area contributed by atoms with Gasteiger partial charge in [0.15, 0.2) is 11.9 Å². The van der Waals surface area contributed by atoms with Gasteiger partial charge in [-0.2, -0.15) is 0 Å². The number of hydrogen-bond donors (Lipinski definition) is 0. The summed E-state index contributed by atoms with van der Waals surface area (Å²) < 4.78 is 11.0. The van der Waals surface area contributed by atoms with Gasteiger partial charge in [0.25, 0.3) is 0 Å². The van der Waals surface area contributed by atoms with E-state index in [1.807, 2.05) is 13.8 Å². The lowest BCUT2D eigenvalue weighted by atomic mass is 9.79. The topological polar surface area (TPSA) is 35.5 Å². The maximum absolute atomic E-state index is 12.2. The first-order chi connectivity index (χ1) is 7.04. The molecule has 2 fully saturated rings. The fraction of sp³-hybridized carbons (Fsp3) is 0.750. The molecule has 0 aromatic carbocycles. The summed E-state index contributed by atoms with van der Waals surface area (Å²) in [4.78, 5) is 12.2.